The van der Waals surface area contributed by atoms with E-state index in [9.17, 15) is 26.8 Å². The van der Waals surface area contributed by atoms with E-state index in [0.717, 1.165) is 21.3 Å². The highest BCUT2D eigenvalue weighted by Crippen LogP contribution is 2.32. The number of benzene rings is 2. The summed E-state index contributed by atoms with van der Waals surface area (Å²) >= 11 is 0. The minimum atomic E-state index is -3.75. The van der Waals surface area contributed by atoms with Crippen LogP contribution in [-0.4, -0.2) is 52.3 Å². The highest BCUT2D eigenvalue weighted by molar-refractivity contribution is 7.89. The molecule has 1 heterocycles. The van der Waals surface area contributed by atoms with Crippen molar-refractivity contribution < 1.29 is 31.5 Å². The Hall–Kier alpha value is -3.05. The minimum Gasteiger partial charge on any atom is -0.495 e. The zero-order valence-corrected chi connectivity index (χ0v) is 17.9. The number of nitrogens with zero attached hydrogens (tertiary/aromatic N) is 2. The molecule has 2 amide bonds. The van der Waals surface area contributed by atoms with Crippen LogP contribution in [0, 0.1) is 17.6 Å². The van der Waals surface area contributed by atoms with Crippen molar-refractivity contribution in [2.45, 2.75) is 11.3 Å². The summed E-state index contributed by atoms with van der Waals surface area (Å²) in [4.78, 5) is 26.2. The van der Waals surface area contributed by atoms with Gasteiger partial charge in [0, 0.05) is 33.1 Å². The Labute approximate surface area is 178 Å². The Morgan fingerprint density at radius 2 is 1.90 bits per heavy atom. The van der Waals surface area contributed by atoms with Crippen LogP contribution in [0.15, 0.2) is 41.3 Å². The Bertz CT molecular complexity index is 1140. The standard InChI is InChI=1S/C20H21F2N3O5S/c1-24(2)31(28,29)14-5-7-18(30-3)16(10-14)23-20(27)12-8-19(26)25(11-12)17-6-4-13(21)9-15(17)22/h4-7,9-10,12H,8,11H2,1-3H3,(H,23,27). The van der Waals surface area contributed by atoms with Gasteiger partial charge in [-0.2, -0.15) is 0 Å². The van der Waals surface area contributed by atoms with E-state index in [2.05, 4.69) is 5.32 Å². The average Bonchev–Trinajstić information content (AvgIpc) is 3.09. The van der Waals surface area contributed by atoms with E-state index in [-0.39, 0.29) is 35.0 Å². The third-order valence-corrected chi connectivity index (χ3v) is 6.71. The molecule has 1 aliphatic heterocycles. The second-order valence-electron chi connectivity index (χ2n) is 7.14. The SMILES string of the molecule is COc1ccc(S(=O)(=O)N(C)C)cc1NC(=O)C1CC(=O)N(c2ccc(F)cc2F)C1. The molecule has 0 radical (unpaired) electrons. The number of carbonyl (C=O) groups is 2. The molecule has 2 aromatic carbocycles. The topological polar surface area (TPSA) is 96.0 Å². The van der Waals surface area contributed by atoms with Crippen LogP contribution in [-0.2, 0) is 19.6 Å². The first-order valence-electron chi connectivity index (χ1n) is 9.21. The molecule has 0 aliphatic carbocycles. The van der Waals surface area contributed by atoms with Crippen molar-refractivity contribution in [1.82, 2.24) is 4.31 Å². The maximum absolute atomic E-state index is 14.1. The lowest BCUT2D eigenvalue weighted by atomic mass is 10.1. The number of ether oxygens (including phenoxy) is 1. The average molecular weight is 453 g/mol. The summed E-state index contributed by atoms with van der Waals surface area (Å²) in [6, 6.07) is 6.86. The molecular formula is C20H21F2N3O5S. The van der Waals surface area contributed by atoms with Crippen molar-refractivity contribution >= 4 is 33.2 Å². The molecule has 1 atom stereocenters. The van der Waals surface area contributed by atoms with Gasteiger partial charge in [-0.3, -0.25) is 9.59 Å². The molecule has 0 saturated carbocycles. The lowest BCUT2D eigenvalue weighted by Crippen LogP contribution is -2.29. The summed E-state index contributed by atoms with van der Waals surface area (Å²) in [7, 11) is 0.375. The van der Waals surface area contributed by atoms with Gasteiger partial charge in [0.2, 0.25) is 21.8 Å². The van der Waals surface area contributed by atoms with Crippen LogP contribution in [0.5, 0.6) is 5.75 Å². The van der Waals surface area contributed by atoms with Gasteiger partial charge in [-0.25, -0.2) is 21.5 Å². The lowest BCUT2D eigenvalue weighted by Gasteiger charge is -2.18. The van der Waals surface area contributed by atoms with E-state index >= 15 is 0 Å². The molecule has 1 unspecified atom stereocenters. The second kappa shape index (κ2) is 8.60. The Kier molecular flexibility index (Phi) is 6.27. The summed E-state index contributed by atoms with van der Waals surface area (Å²) in [6.45, 7) is -0.106. The van der Waals surface area contributed by atoms with E-state index in [0.29, 0.717) is 6.07 Å². The second-order valence-corrected chi connectivity index (χ2v) is 9.29. The number of nitrogens with one attached hydrogen (secondary N) is 1. The van der Waals surface area contributed by atoms with E-state index in [1.54, 1.807) is 0 Å². The number of sulfonamides is 1. The van der Waals surface area contributed by atoms with Crippen LogP contribution in [0.3, 0.4) is 0 Å². The molecule has 3 rings (SSSR count). The number of anilines is 2. The zero-order chi connectivity index (χ0) is 22.9. The van der Waals surface area contributed by atoms with Gasteiger partial charge in [0.05, 0.1) is 29.3 Å². The van der Waals surface area contributed by atoms with E-state index in [1.807, 2.05) is 0 Å². The predicted octanol–water partition coefficient (Wildman–Crippen LogP) is 2.22. The first-order valence-corrected chi connectivity index (χ1v) is 10.7. The van der Waals surface area contributed by atoms with Crippen molar-refractivity contribution in [3.05, 3.63) is 48.0 Å². The number of hydrogen-bond donors (Lipinski definition) is 1. The molecule has 0 bridgehead atoms. The molecule has 166 valence electrons. The lowest BCUT2D eigenvalue weighted by molar-refractivity contribution is -0.122. The van der Waals surface area contributed by atoms with Crippen molar-refractivity contribution in [2.75, 3.05) is 38.0 Å². The highest BCUT2D eigenvalue weighted by atomic mass is 32.2. The van der Waals surface area contributed by atoms with Gasteiger partial charge in [-0.05, 0) is 30.3 Å². The van der Waals surface area contributed by atoms with Crippen LogP contribution in [0.25, 0.3) is 0 Å². The molecule has 0 spiro atoms. The molecule has 11 heteroatoms. The molecule has 31 heavy (non-hydrogen) atoms. The Morgan fingerprint density at radius 1 is 1.19 bits per heavy atom. The van der Waals surface area contributed by atoms with Gasteiger partial charge in [-0.15, -0.1) is 0 Å². The summed E-state index contributed by atoms with van der Waals surface area (Å²) in [5, 5.41) is 2.59. The summed E-state index contributed by atoms with van der Waals surface area (Å²) in [5.41, 5.74) is 0.00708. The van der Waals surface area contributed by atoms with Crippen LogP contribution in [0.1, 0.15) is 6.42 Å². The third kappa shape index (κ3) is 4.52. The molecule has 1 saturated heterocycles. The molecular weight excluding hydrogens is 432 g/mol. The predicted molar refractivity (Wildman–Crippen MR) is 109 cm³/mol. The van der Waals surface area contributed by atoms with E-state index in [1.165, 1.54) is 39.4 Å². The van der Waals surface area contributed by atoms with Crippen LogP contribution >= 0.6 is 0 Å². The largest absolute Gasteiger partial charge is 0.495 e. The van der Waals surface area contributed by atoms with Gasteiger partial charge in [0.1, 0.15) is 17.4 Å². The van der Waals surface area contributed by atoms with Crippen molar-refractivity contribution in [1.29, 1.82) is 0 Å². The van der Waals surface area contributed by atoms with Gasteiger partial charge in [0.25, 0.3) is 0 Å². The number of rotatable bonds is 6. The molecule has 2 aromatic rings. The van der Waals surface area contributed by atoms with Gasteiger partial charge < -0.3 is 15.0 Å². The van der Waals surface area contributed by atoms with Crippen molar-refractivity contribution in [3.63, 3.8) is 0 Å². The maximum atomic E-state index is 14.1. The number of hydrogen-bond acceptors (Lipinski definition) is 5. The van der Waals surface area contributed by atoms with E-state index < -0.39 is 39.4 Å². The van der Waals surface area contributed by atoms with E-state index in [4.69, 9.17) is 4.74 Å². The van der Waals surface area contributed by atoms with Gasteiger partial charge >= 0.3 is 0 Å². The van der Waals surface area contributed by atoms with Crippen LogP contribution in [0.4, 0.5) is 20.2 Å². The molecule has 1 N–H and O–H groups in total. The molecule has 8 nitrogen and oxygen atoms in total. The van der Waals surface area contributed by atoms with Crippen LogP contribution < -0.4 is 15.0 Å². The maximum Gasteiger partial charge on any atom is 0.242 e. The molecule has 0 aromatic heterocycles. The fraction of sp³-hybridized carbons (Fsp3) is 0.300. The van der Waals surface area contributed by atoms with Crippen molar-refractivity contribution in [3.8, 4) is 5.75 Å². The van der Waals surface area contributed by atoms with Crippen LogP contribution in [0.2, 0.25) is 0 Å². The monoisotopic (exact) mass is 453 g/mol. The third-order valence-electron chi connectivity index (χ3n) is 4.90. The molecule has 1 fully saturated rings. The van der Waals surface area contributed by atoms with Gasteiger partial charge in [0.15, 0.2) is 0 Å². The first-order chi connectivity index (χ1) is 14.5. The summed E-state index contributed by atoms with van der Waals surface area (Å²) in [6.07, 6.45) is -0.180. The minimum absolute atomic E-state index is 0.0499. The molecule has 1 aliphatic rings. The Balaban J connectivity index is 1.82. The number of halogens is 2. The highest BCUT2D eigenvalue weighted by Gasteiger charge is 2.36. The Morgan fingerprint density at radius 3 is 2.52 bits per heavy atom. The summed E-state index contributed by atoms with van der Waals surface area (Å²) < 4.78 is 58.2. The fourth-order valence-corrected chi connectivity index (χ4v) is 4.14. The van der Waals surface area contributed by atoms with Gasteiger partial charge in [-0.1, -0.05) is 0 Å². The summed E-state index contributed by atoms with van der Waals surface area (Å²) in [5.74, 6) is -3.32. The number of carbonyl (C=O) groups excluding carboxylic acids is 2. The quantitative estimate of drug-likeness (QED) is 0.724. The number of methoxy groups -OCH3 is 1. The van der Waals surface area contributed by atoms with Crippen molar-refractivity contribution in [2.24, 2.45) is 5.92 Å². The smallest absolute Gasteiger partial charge is 0.242 e. The number of amides is 2. The zero-order valence-electron chi connectivity index (χ0n) is 17.1. The fourth-order valence-electron chi connectivity index (χ4n) is 3.21. The normalized spacial score (nSPS) is 16.6. The first kappa shape index (κ1) is 22.6.